The van der Waals surface area contributed by atoms with Gasteiger partial charge in [-0.15, -0.1) is 0 Å². The monoisotopic (exact) mass is 523 g/mol. The maximum Gasteiger partial charge on any atom is 0.293 e. The maximum atomic E-state index is 13.1. The lowest BCUT2D eigenvalue weighted by molar-refractivity contribution is -0.131. The summed E-state index contributed by atoms with van der Waals surface area (Å²) in [6.45, 7) is 7.64. The van der Waals surface area contributed by atoms with Gasteiger partial charge < -0.3 is 14.2 Å². The molecule has 1 aliphatic heterocycles. The predicted octanol–water partition coefficient (Wildman–Crippen LogP) is 5.33. The van der Waals surface area contributed by atoms with Crippen LogP contribution in [0.15, 0.2) is 53.6 Å². The smallest absolute Gasteiger partial charge is 0.293 e. The zero-order valence-electron chi connectivity index (χ0n) is 21.2. The number of aromatic nitrogens is 1. The molecule has 0 aliphatic carbocycles. The van der Waals surface area contributed by atoms with E-state index in [2.05, 4.69) is 6.92 Å². The van der Waals surface area contributed by atoms with E-state index in [0.717, 1.165) is 45.1 Å². The van der Waals surface area contributed by atoms with Gasteiger partial charge in [-0.25, -0.2) is 4.39 Å². The standard InChI is InChI=1S/C28H30FN3O4S/c1-4-19-8-7-9-23-20(17-31(26(19)23)18-25(33)30(5-2)6-3)16-24-27(34)32(28(35)37-24)14-15-36-22-12-10-21(29)11-13-22/h7-13,16-17H,4-6,14-15,18H2,1-3H3/b24-16-. The van der Waals surface area contributed by atoms with E-state index in [0.29, 0.717) is 23.7 Å². The van der Waals surface area contributed by atoms with E-state index in [9.17, 15) is 18.8 Å². The molecule has 0 unspecified atom stereocenters. The Morgan fingerprint density at radius 3 is 2.49 bits per heavy atom. The van der Waals surface area contributed by atoms with Crippen molar-refractivity contribution in [1.29, 1.82) is 0 Å². The van der Waals surface area contributed by atoms with Crippen molar-refractivity contribution in [2.24, 2.45) is 0 Å². The number of hydrogen-bond donors (Lipinski definition) is 0. The first-order valence-electron chi connectivity index (χ1n) is 12.4. The number of imide groups is 1. The molecule has 0 N–H and O–H groups in total. The van der Waals surface area contributed by atoms with Crippen LogP contribution in [0, 0.1) is 5.82 Å². The van der Waals surface area contributed by atoms with E-state index in [4.69, 9.17) is 4.74 Å². The second-order valence-electron chi connectivity index (χ2n) is 8.58. The van der Waals surface area contributed by atoms with Crippen LogP contribution in [0.5, 0.6) is 5.75 Å². The lowest BCUT2D eigenvalue weighted by Gasteiger charge is -2.19. The average molecular weight is 524 g/mol. The van der Waals surface area contributed by atoms with E-state index >= 15 is 0 Å². The second kappa shape index (κ2) is 11.6. The van der Waals surface area contributed by atoms with Crippen molar-refractivity contribution in [2.45, 2.75) is 33.7 Å². The Hall–Kier alpha value is -3.59. The van der Waals surface area contributed by atoms with Crippen molar-refractivity contribution in [1.82, 2.24) is 14.4 Å². The summed E-state index contributed by atoms with van der Waals surface area (Å²) in [5.41, 5.74) is 2.85. The second-order valence-corrected chi connectivity index (χ2v) is 9.57. The Labute approximate surface area is 219 Å². The number of aryl methyl sites for hydroxylation is 1. The Balaban J connectivity index is 1.57. The normalized spacial score (nSPS) is 14.7. The van der Waals surface area contributed by atoms with Gasteiger partial charge in [-0.05, 0) is 67.9 Å². The van der Waals surface area contributed by atoms with Gasteiger partial charge >= 0.3 is 0 Å². The fraction of sp³-hybridized carbons (Fsp3) is 0.321. The first-order valence-corrected chi connectivity index (χ1v) is 13.2. The molecule has 2 aromatic carbocycles. The van der Waals surface area contributed by atoms with E-state index < -0.39 is 0 Å². The molecule has 0 radical (unpaired) electrons. The number of para-hydroxylation sites is 1. The zero-order valence-corrected chi connectivity index (χ0v) is 22.0. The minimum Gasteiger partial charge on any atom is -0.492 e. The summed E-state index contributed by atoms with van der Waals surface area (Å²) in [5, 5.41) is 0.562. The molecule has 3 amide bonds. The van der Waals surface area contributed by atoms with Crippen molar-refractivity contribution in [3.63, 3.8) is 0 Å². The quantitative estimate of drug-likeness (QED) is 0.336. The van der Waals surface area contributed by atoms with E-state index in [-0.39, 0.29) is 42.6 Å². The predicted molar refractivity (Wildman–Crippen MR) is 144 cm³/mol. The number of halogens is 1. The highest BCUT2D eigenvalue weighted by Crippen LogP contribution is 2.35. The minimum absolute atomic E-state index is 0.0286. The molecule has 0 bridgehead atoms. The molecule has 7 nitrogen and oxygen atoms in total. The van der Waals surface area contributed by atoms with Crippen molar-refractivity contribution in [2.75, 3.05) is 26.2 Å². The zero-order chi connectivity index (χ0) is 26.5. The molecular formula is C28H30FN3O4S. The lowest BCUT2D eigenvalue weighted by Crippen LogP contribution is -2.33. The molecule has 3 aromatic rings. The van der Waals surface area contributed by atoms with E-state index in [1.165, 1.54) is 24.3 Å². The van der Waals surface area contributed by atoms with E-state index in [1.807, 2.05) is 42.8 Å². The number of nitrogens with zero attached hydrogens (tertiary/aromatic N) is 3. The number of hydrogen-bond acceptors (Lipinski definition) is 5. The van der Waals surface area contributed by atoms with Crippen LogP contribution in [0.4, 0.5) is 9.18 Å². The third-order valence-corrected chi connectivity index (χ3v) is 7.28. The topological polar surface area (TPSA) is 71.8 Å². The Kier molecular flexibility index (Phi) is 8.33. The molecule has 0 saturated carbocycles. The molecule has 0 spiro atoms. The number of carbonyl (C=O) groups excluding carboxylic acids is 3. The molecular weight excluding hydrogens is 493 g/mol. The van der Waals surface area contributed by atoms with Gasteiger partial charge in [0.15, 0.2) is 0 Å². The Bertz CT molecular complexity index is 1350. The van der Waals surface area contributed by atoms with Gasteiger partial charge in [0, 0.05) is 30.2 Å². The molecule has 37 heavy (non-hydrogen) atoms. The highest BCUT2D eigenvalue weighted by Gasteiger charge is 2.35. The molecule has 1 saturated heterocycles. The van der Waals surface area contributed by atoms with Crippen LogP contribution in [0.3, 0.4) is 0 Å². The Morgan fingerprint density at radius 2 is 1.81 bits per heavy atom. The summed E-state index contributed by atoms with van der Waals surface area (Å²) in [6, 6.07) is 11.5. The van der Waals surface area contributed by atoms with Crippen LogP contribution in [-0.2, 0) is 22.6 Å². The van der Waals surface area contributed by atoms with Crippen LogP contribution in [0.25, 0.3) is 17.0 Å². The van der Waals surface area contributed by atoms with Crippen LogP contribution >= 0.6 is 11.8 Å². The van der Waals surface area contributed by atoms with Crippen molar-refractivity contribution in [3.8, 4) is 5.75 Å². The summed E-state index contributed by atoms with van der Waals surface area (Å²) in [5.74, 6) is -0.263. The van der Waals surface area contributed by atoms with Gasteiger partial charge in [0.25, 0.3) is 11.1 Å². The maximum absolute atomic E-state index is 13.1. The van der Waals surface area contributed by atoms with Crippen LogP contribution in [0.1, 0.15) is 31.9 Å². The SMILES string of the molecule is CCc1cccc2c(/C=C3\SC(=O)N(CCOc4ccc(F)cc4)C3=O)cn(CC(=O)N(CC)CC)c12. The first kappa shape index (κ1) is 26.5. The third-order valence-electron chi connectivity index (χ3n) is 6.37. The minimum atomic E-state index is -0.385. The van der Waals surface area contributed by atoms with Crippen molar-refractivity contribution in [3.05, 3.63) is 70.5 Å². The molecule has 4 rings (SSSR count). The summed E-state index contributed by atoms with van der Waals surface area (Å²) >= 11 is 0.888. The van der Waals surface area contributed by atoms with Gasteiger partial charge in [0.2, 0.25) is 5.91 Å². The fourth-order valence-electron chi connectivity index (χ4n) is 4.43. The summed E-state index contributed by atoms with van der Waals surface area (Å²) in [7, 11) is 0. The number of carbonyl (C=O) groups is 3. The van der Waals surface area contributed by atoms with Crippen LogP contribution < -0.4 is 4.74 Å². The number of benzene rings is 2. The number of likely N-dealkylation sites (N-methyl/N-ethyl adjacent to an activating group) is 1. The van der Waals surface area contributed by atoms with Gasteiger partial charge in [0.05, 0.1) is 17.0 Å². The number of ether oxygens (including phenoxy) is 1. The van der Waals surface area contributed by atoms with Crippen molar-refractivity contribution < 1.29 is 23.5 Å². The fourth-order valence-corrected chi connectivity index (χ4v) is 5.29. The molecule has 0 atom stereocenters. The third kappa shape index (κ3) is 5.72. The Morgan fingerprint density at radius 1 is 1.08 bits per heavy atom. The largest absolute Gasteiger partial charge is 0.492 e. The van der Waals surface area contributed by atoms with Crippen LogP contribution in [-0.4, -0.2) is 57.7 Å². The molecule has 1 aromatic heterocycles. The highest BCUT2D eigenvalue weighted by atomic mass is 32.2. The molecule has 194 valence electrons. The molecule has 1 fully saturated rings. The summed E-state index contributed by atoms with van der Waals surface area (Å²) in [4.78, 5) is 41.8. The highest BCUT2D eigenvalue weighted by molar-refractivity contribution is 8.18. The lowest BCUT2D eigenvalue weighted by atomic mass is 10.1. The van der Waals surface area contributed by atoms with Gasteiger partial charge in [-0.3, -0.25) is 19.3 Å². The number of amides is 3. The van der Waals surface area contributed by atoms with Gasteiger partial charge in [-0.2, -0.15) is 0 Å². The first-order chi connectivity index (χ1) is 17.9. The van der Waals surface area contributed by atoms with Gasteiger partial charge in [0.1, 0.15) is 24.7 Å². The number of rotatable bonds is 10. The molecule has 2 heterocycles. The number of thioether (sulfide) groups is 1. The van der Waals surface area contributed by atoms with Crippen LogP contribution in [0.2, 0.25) is 0 Å². The summed E-state index contributed by atoms with van der Waals surface area (Å²) < 4.78 is 20.6. The van der Waals surface area contributed by atoms with Crippen molar-refractivity contribution >= 4 is 45.8 Å². The summed E-state index contributed by atoms with van der Waals surface area (Å²) in [6.07, 6.45) is 4.41. The molecule has 9 heteroatoms. The van der Waals surface area contributed by atoms with E-state index in [1.54, 1.807) is 11.0 Å². The number of fused-ring (bicyclic) bond motifs is 1. The average Bonchev–Trinajstić information content (AvgIpc) is 3.37. The molecule has 1 aliphatic rings. The van der Waals surface area contributed by atoms with Gasteiger partial charge in [-0.1, -0.05) is 25.1 Å².